The lowest BCUT2D eigenvalue weighted by molar-refractivity contribution is -0.385. The predicted molar refractivity (Wildman–Crippen MR) is 134 cm³/mol. The molecule has 1 unspecified atom stereocenters. The Morgan fingerprint density at radius 3 is 2.24 bits per heavy atom. The molecular formula is C22H18N4O10S2. The fourth-order valence-corrected chi connectivity index (χ4v) is 6.46. The molecule has 198 valence electrons. The van der Waals surface area contributed by atoms with E-state index in [9.17, 15) is 38.2 Å². The standard InChI is InChI=1S/C22H18N4O10S2/c1-13(27)35-11-15-12-37-21-19(23-10-14-2-4-16(5-3-14)25(29)30)20(28)24(21)22(15)38(33,34)36-18-8-6-17(7-9-18)26(31)32/h2-10,19,21H,11-12H2,1H3/b23-10+/t19?,21-/m1/s1. The van der Waals surface area contributed by atoms with Crippen LogP contribution in [0.2, 0.25) is 0 Å². The van der Waals surface area contributed by atoms with Gasteiger partial charge in [-0.15, -0.1) is 11.8 Å². The van der Waals surface area contributed by atoms with Crippen molar-refractivity contribution in [1.29, 1.82) is 0 Å². The van der Waals surface area contributed by atoms with Crippen LogP contribution in [0.5, 0.6) is 5.75 Å². The van der Waals surface area contributed by atoms with E-state index in [0.717, 1.165) is 36.1 Å². The van der Waals surface area contributed by atoms with E-state index in [0.29, 0.717) is 5.56 Å². The minimum Gasteiger partial charge on any atom is -0.461 e. The summed E-state index contributed by atoms with van der Waals surface area (Å²) in [5.41, 5.74) is 0.243. The van der Waals surface area contributed by atoms with Crippen LogP contribution in [0, 0.1) is 20.2 Å². The zero-order valence-electron chi connectivity index (χ0n) is 19.5. The van der Waals surface area contributed by atoms with E-state index in [1.807, 2.05) is 0 Å². The topological polar surface area (TPSA) is 189 Å². The lowest BCUT2D eigenvalue weighted by Gasteiger charge is -2.47. The summed E-state index contributed by atoms with van der Waals surface area (Å²) in [5.74, 6) is -1.43. The Bertz CT molecular complexity index is 1470. The van der Waals surface area contributed by atoms with E-state index < -0.39 is 54.9 Å². The molecule has 0 radical (unpaired) electrons. The van der Waals surface area contributed by atoms with Gasteiger partial charge in [0, 0.05) is 48.7 Å². The van der Waals surface area contributed by atoms with Crippen molar-refractivity contribution in [2.24, 2.45) is 4.99 Å². The van der Waals surface area contributed by atoms with Crippen molar-refractivity contribution in [2.45, 2.75) is 18.3 Å². The fraction of sp³-hybridized carbons (Fsp3) is 0.227. The van der Waals surface area contributed by atoms with E-state index in [4.69, 9.17) is 8.92 Å². The molecule has 0 saturated carbocycles. The number of esters is 1. The maximum atomic E-state index is 13.3. The lowest BCUT2D eigenvalue weighted by atomic mass is 10.1. The molecule has 0 bridgehead atoms. The summed E-state index contributed by atoms with van der Waals surface area (Å²) in [6.45, 7) is 0.756. The number of hydrogen-bond donors (Lipinski definition) is 0. The maximum Gasteiger partial charge on any atom is 0.355 e. The predicted octanol–water partition coefficient (Wildman–Crippen LogP) is 2.39. The van der Waals surface area contributed by atoms with E-state index in [2.05, 4.69) is 4.99 Å². The number of rotatable bonds is 9. The second-order valence-electron chi connectivity index (χ2n) is 7.96. The van der Waals surface area contributed by atoms with Crippen LogP contribution in [0.1, 0.15) is 12.5 Å². The van der Waals surface area contributed by atoms with Crippen LogP contribution in [-0.2, 0) is 24.4 Å². The van der Waals surface area contributed by atoms with Gasteiger partial charge in [-0.05, 0) is 29.8 Å². The quantitative estimate of drug-likeness (QED) is 0.109. The van der Waals surface area contributed by atoms with Gasteiger partial charge >= 0.3 is 16.1 Å². The van der Waals surface area contributed by atoms with Gasteiger partial charge in [-0.2, -0.15) is 8.42 Å². The van der Waals surface area contributed by atoms with E-state index >= 15 is 0 Å². The summed E-state index contributed by atoms with van der Waals surface area (Å²) in [7, 11) is -4.64. The van der Waals surface area contributed by atoms with Crippen molar-refractivity contribution in [3.05, 3.63) is 84.9 Å². The third-order valence-electron chi connectivity index (χ3n) is 5.39. The third kappa shape index (κ3) is 5.50. The summed E-state index contributed by atoms with van der Waals surface area (Å²) in [4.78, 5) is 50.1. The highest BCUT2D eigenvalue weighted by atomic mass is 32.2. The molecule has 0 N–H and O–H groups in total. The van der Waals surface area contributed by atoms with Gasteiger partial charge in [0.25, 0.3) is 17.3 Å². The van der Waals surface area contributed by atoms with Crippen molar-refractivity contribution in [2.75, 3.05) is 12.4 Å². The first-order valence-electron chi connectivity index (χ1n) is 10.7. The van der Waals surface area contributed by atoms with Crippen LogP contribution >= 0.6 is 11.8 Å². The summed E-state index contributed by atoms with van der Waals surface area (Å²) in [6.07, 6.45) is 1.36. The number of hydrogen-bond acceptors (Lipinski definition) is 12. The summed E-state index contributed by atoms with van der Waals surface area (Å²) < 4.78 is 36.7. The molecule has 38 heavy (non-hydrogen) atoms. The molecule has 4 rings (SSSR count). The Morgan fingerprint density at radius 2 is 1.68 bits per heavy atom. The average molecular weight is 563 g/mol. The molecule has 16 heteroatoms. The molecule has 0 aliphatic carbocycles. The smallest absolute Gasteiger partial charge is 0.355 e. The highest BCUT2D eigenvalue weighted by Crippen LogP contribution is 2.44. The molecule has 1 amide bonds. The number of carbonyl (C=O) groups excluding carboxylic acids is 2. The molecular weight excluding hydrogens is 544 g/mol. The number of fused-ring (bicyclic) bond motifs is 1. The van der Waals surface area contributed by atoms with Gasteiger partial charge < -0.3 is 8.92 Å². The van der Waals surface area contributed by atoms with Crippen LogP contribution in [0.3, 0.4) is 0 Å². The van der Waals surface area contributed by atoms with E-state index in [1.54, 1.807) is 0 Å². The van der Waals surface area contributed by atoms with Crippen LogP contribution in [-0.4, -0.2) is 65.0 Å². The van der Waals surface area contributed by atoms with Gasteiger partial charge in [0.1, 0.15) is 17.7 Å². The zero-order chi connectivity index (χ0) is 27.6. The maximum absolute atomic E-state index is 13.3. The SMILES string of the molecule is CC(=O)OCC1=C(S(=O)(=O)Oc2ccc([N+](=O)[O-])cc2)N2C(=O)C(/N=C/c3ccc([N+](=O)[O-])cc3)[C@H]2SC1. The van der Waals surface area contributed by atoms with Gasteiger partial charge in [-0.1, -0.05) is 0 Å². The summed E-state index contributed by atoms with van der Waals surface area (Å²) in [6, 6.07) is 8.90. The first-order valence-corrected chi connectivity index (χ1v) is 13.2. The molecule has 14 nitrogen and oxygen atoms in total. The Balaban J connectivity index is 1.60. The average Bonchev–Trinajstić information content (AvgIpc) is 2.87. The minimum atomic E-state index is -4.64. The second-order valence-corrected chi connectivity index (χ2v) is 10.5. The Hall–Kier alpha value is -4.31. The number of amides is 1. The summed E-state index contributed by atoms with van der Waals surface area (Å²) in [5, 5.41) is 20.5. The highest BCUT2D eigenvalue weighted by Gasteiger charge is 2.55. The van der Waals surface area contributed by atoms with Crippen LogP contribution in [0.4, 0.5) is 11.4 Å². The molecule has 2 atom stereocenters. The van der Waals surface area contributed by atoms with Crippen molar-refractivity contribution in [3.8, 4) is 5.75 Å². The molecule has 0 spiro atoms. The number of ether oxygens (including phenoxy) is 1. The summed E-state index contributed by atoms with van der Waals surface area (Å²) >= 11 is 1.22. The molecule has 1 fully saturated rings. The van der Waals surface area contributed by atoms with E-state index in [-0.39, 0.29) is 28.5 Å². The lowest BCUT2D eigenvalue weighted by Crippen LogP contribution is -2.64. The monoisotopic (exact) mass is 562 g/mol. The number of thioether (sulfide) groups is 1. The van der Waals surface area contributed by atoms with Crippen molar-refractivity contribution < 1.29 is 36.8 Å². The Morgan fingerprint density at radius 1 is 1.11 bits per heavy atom. The number of nitrogens with zero attached hydrogens (tertiary/aromatic N) is 4. The molecule has 1 saturated heterocycles. The third-order valence-corrected chi connectivity index (χ3v) is 8.09. The first kappa shape index (κ1) is 26.7. The van der Waals surface area contributed by atoms with Crippen LogP contribution in [0.25, 0.3) is 0 Å². The first-order chi connectivity index (χ1) is 18.0. The molecule has 2 aliphatic heterocycles. The molecule has 2 heterocycles. The van der Waals surface area contributed by atoms with Crippen molar-refractivity contribution >= 4 is 51.3 Å². The number of nitro groups is 2. The molecule has 2 aromatic carbocycles. The van der Waals surface area contributed by atoms with Gasteiger partial charge in [0.15, 0.2) is 11.1 Å². The van der Waals surface area contributed by atoms with E-state index in [1.165, 1.54) is 42.2 Å². The Labute approximate surface area is 219 Å². The zero-order valence-corrected chi connectivity index (χ0v) is 21.1. The normalized spacial score (nSPS) is 19.1. The molecule has 0 aromatic heterocycles. The van der Waals surface area contributed by atoms with Gasteiger partial charge in [0.2, 0.25) is 0 Å². The minimum absolute atomic E-state index is 0.0868. The number of non-ortho nitro benzene ring substituents is 2. The van der Waals surface area contributed by atoms with Crippen molar-refractivity contribution in [3.63, 3.8) is 0 Å². The van der Waals surface area contributed by atoms with Crippen LogP contribution < -0.4 is 4.18 Å². The van der Waals surface area contributed by atoms with Gasteiger partial charge in [0.05, 0.1) is 9.85 Å². The number of aliphatic imine (C=N–C) groups is 1. The largest absolute Gasteiger partial charge is 0.461 e. The Kier molecular flexibility index (Phi) is 7.45. The van der Waals surface area contributed by atoms with Gasteiger partial charge in [-0.25, -0.2) is 0 Å². The number of carbonyl (C=O) groups is 2. The number of β-lactam (4-membered cyclic amide) rings is 1. The number of nitro benzene ring substituents is 2. The number of benzene rings is 2. The van der Waals surface area contributed by atoms with Gasteiger partial charge in [-0.3, -0.25) is 39.7 Å². The highest BCUT2D eigenvalue weighted by molar-refractivity contribution is 8.00. The fourth-order valence-electron chi connectivity index (χ4n) is 3.61. The second kappa shape index (κ2) is 10.6. The van der Waals surface area contributed by atoms with Crippen molar-refractivity contribution in [1.82, 2.24) is 4.90 Å². The molecule has 2 aliphatic rings. The van der Waals surface area contributed by atoms with Crippen LogP contribution in [0.15, 0.2) is 64.1 Å². The molecule has 2 aromatic rings.